The highest BCUT2D eigenvalue weighted by Gasteiger charge is 2.51. The van der Waals surface area contributed by atoms with Crippen molar-refractivity contribution in [3.63, 3.8) is 0 Å². The number of carbonyl (C=O) groups excluding carboxylic acids is 1. The smallest absolute Gasteiger partial charge is 0.220 e. The molecule has 2 heterocycles. The van der Waals surface area contributed by atoms with Crippen LogP contribution in [0.3, 0.4) is 0 Å². The lowest BCUT2D eigenvalue weighted by Crippen LogP contribution is -2.65. The molecule has 0 bridgehead atoms. The summed E-state index contributed by atoms with van der Waals surface area (Å²) in [5.74, 6) is -0.245. The van der Waals surface area contributed by atoms with E-state index in [-0.39, 0.29) is 18.9 Å². The fraction of sp³-hybridized carbons (Fsp3) is 0.925. The monoisotopic (exact) mass is 1150 g/mol. The van der Waals surface area contributed by atoms with E-state index >= 15 is 0 Å². The second kappa shape index (κ2) is 52.8. The van der Waals surface area contributed by atoms with Crippen LogP contribution in [-0.4, -0.2) is 140 Å². The highest BCUT2D eigenvalue weighted by molar-refractivity contribution is 5.76. The molecule has 9 N–H and O–H groups in total. The summed E-state index contributed by atoms with van der Waals surface area (Å²) in [5.41, 5.74) is 0. The zero-order valence-corrected chi connectivity index (χ0v) is 51.8. The van der Waals surface area contributed by atoms with E-state index in [0.717, 1.165) is 32.1 Å². The van der Waals surface area contributed by atoms with Gasteiger partial charge >= 0.3 is 0 Å². The number of ether oxygens (including phenoxy) is 4. The van der Waals surface area contributed by atoms with Gasteiger partial charge < -0.3 is 65.1 Å². The Morgan fingerprint density at radius 2 is 0.790 bits per heavy atom. The van der Waals surface area contributed by atoms with Crippen LogP contribution in [0.2, 0.25) is 0 Å². The van der Waals surface area contributed by atoms with Crippen LogP contribution in [0, 0.1) is 0 Å². The SMILES string of the molecule is CCCCCCC/C=C/CC/C=C/C(O)C(COC1OC(CO)C(OC2OC(CO)C(O)C(O)C2O)C(O)C1O)NC(=O)CCCCCCCCCCCCCCCCCCCCCCCCCCCCCCCCCCCCCC. The first-order valence-electron chi connectivity index (χ1n) is 34.1. The first-order valence-corrected chi connectivity index (χ1v) is 34.1. The molecule has 2 aliphatic rings. The van der Waals surface area contributed by atoms with Gasteiger partial charge in [0.05, 0.1) is 32.0 Å². The lowest BCUT2D eigenvalue weighted by atomic mass is 9.97. The molecular weight excluding hydrogens is 1030 g/mol. The van der Waals surface area contributed by atoms with Crippen molar-refractivity contribution in [2.45, 2.75) is 376 Å². The Hall–Kier alpha value is -1.53. The van der Waals surface area contributed by atoms with Crippen molar-refractivity contribution in [3.8, 4) is 0 Å². The number of amides is 1. The predicted octanol–water partition coefficient (Wildman–Crippen LogP) is 13.2. The molecule has 2 saturated heterocycles. The van der Waals surface area contributed by atoms with Gasteiger partial charge in [0.1, 0.15) is 48.8 Å². The highest BCUT2D eigenvalue weighted by atomic mass is 16.7. The van der Waals surface area contributed by atoms with Crippen molar-refractivity contribution >= 4 is 5.91 Å². The van der Waals surface area contributed by atoms with E-state index in [9.17, 15) is 45.6 Å². The molecule has 14 heteroatoms. The third-order valence-corrected chi connectivity index (χ3v) is 16.9. The number of unbranched alkanes of at least 4 members (excludes halogenated alkanes) is 41. The fourth-order valence-corrected chi connectivity index (χ4v) is 11.4. The molecule has 12 atom stereocenters. The number of hydrogen-bond donors (Lipinski definition) is 9. The maximum atomic E-state index is 13.2. The Morgan fingerprint density at radius 1 is 0.432 bits per heavy atom. The number of allylic oxidation sites excluding steroid dienone is 3. The minimum Gasteiger partial charge on any atom is -0.394 e. The van der Waals surface area contributed by atoms with Crippen LogP contribution in [0.1, 0.15) is 303 Å². The molecule has 2 fully saturated rings. The Bertz CT molecular complexity index is 1450. The molecule has 2 rings (SSSR count). The van der Waals surface area contributed by atoms with E-state index in [2.05, 4.69) is 31.3 Å². The van der Waals surface area contributed by atoms with E-state index in [1.54, 1.807) is 6.08 Å². The number of aliphatic hydroxyl groups excluding tert-OH is 8. The fourth-order valence-electron chi connectivity index (χ4n) is 11.4. The molecule has 0 saturated carbocycles. The van der Waals surface area contributed by atoms with Gasteiger partial charge in [-0.3, -0.25) is 4.79 Å². The van der Waals surface area contributed by atoms with Crippen LogP contribution in [0.25, 0.3) is 0 Å². The quantitative estimate of drug-likeness (QED) is 0.0204. The van der Waals surface area contributed by atoms with Gasteiger partial charge in [0.25, 0.3) is 0 Å². The summed E-state index contributed by atoms with van der Waals surface area (Å²) in [6.45, 7) is 2.78. The Kier molecular flexibility index (Phi) is 49.2. The highest BCUT2D eigenvalue weighted by Crippen LogP contribution is 2.30. The number of aliphatic hydroxyl groups is 8. The van der Waals surface area contributed by atoms with Crippen LogP contribution in [0.5, 0.6) is 0 Å². The lowest BCUT2D eigenvalue weighted by molar-refractivity contribution is -0.359. The number of nitrogens with one attached hydrogen (secondary N) is 1. The van der Waals surface area contributed by atoms with Gasteiger partial charge in [0.2, 0.25) is 5.91 Å². The average molecular weight is 1150 g/mol. The minimum absolute atomic E-state index is 0.245. The van der Waals surface area contributed by atoms with Crippen molar-refractivity contribution < 1.29 is 64.6 Å². The predicted molar refractivity (Wildman–Crippen MR) is 328 cm³/mol. The second-order valence-corrected chi connectivity index (χ2v) is 24.3. The van der Waals surface area contributed by atoms with Crippen LogP contribution >= 0.6 is 0 Å². The molecule has 0 aromatic carbocycles. The number of rotatable bonds is 56. The summed E-state index contributed by atoms with van der Waals surface area (Å²) in [6, 6.07) is -0.927. The van der Waals surface area contributed by atoms with E-state index in [1.165, 1.54) is 238 Å². The maximum absolute atomic E-state index is 13.2. The summed E-state index contributed by atoms with van der Waals surface area (Å²) in [6.07, 6.45) is 48.6. The van der Waals surface area contributed by atoms with Crippen molar-refractivity contribution in [1.29, 1.82) is 0 Å². The molecule has 81 heavy (non-hydrogen) atoms. The molecule has 12 unspecified atom stereocenters. The van der Waals surface area contributed by atoms with Crippen molar-refractivity contribution in [3.05, 3.63) is 24.3 Å². The molecule has 0 aromatic rings. The molecule has 0 spiro atoms. The largest absolute Gasteiger partial charge is 0.394 e. The molecule has 478 valence electrons. The Morgan fingerprint density at radius 3 is 1.21 bits per heavy atom. The van der Waals surface area contributed by atoms with Crippen molar-refractivity contribution in [1.82, 2.24) is 5.32 Å². The van der Waals surface area contributed by atoms with Crippen LogP contribution < -0.4 is 5.32 Å². The van der Waals surface area contributed by atoms with E-state index in [0.29, 0.717) is 12.8 Å². The summed E-state index contributed by atoms with van der Waals surface area (Å²) in [4.78, 5) is 13.2. The third-order valence-electron chi connectivity index (χ3n) is 16.9. The summed E-state index contributed by atoms with van der Waals surface area (Å²) in [5, 5.41) is 87.0. The Labute approximate surface area is 494 Å². The van der Waals surface area contributed by atoms with E-state index in [4.69, 9.17) is 18.9 Å². The van der Waals surface area contributed by atoms with Crippen LogP contribution in [0.15, 0.2) is 24.3 Å². The normalized spacial score (nSPS) is 24.2. The van der Waals surface area contributed by atoms with Gasteiger partial charge in [-0.2, -0.15) is 0 Å². The van der Waals surface area contributed by atoms with Gasteiger partial charge in [-0.05, 0) is 32.1 Å². The van der Waals surface area contributed by atoms with E-state index in [1.807, 2.05) is 6.08 Å². The summed E-state index contributed by atoms with van der Waals surface area (Å²) in [7, 11) is 0. The van der Waals surface area contributed by atoms with Gasteiger partial charge in [-0.25, -0.2) is 0 Å². The van der Waals surface area contributed by atoms with Crippen LogP contribution in [0.4, 0.5) is 0 Å². The van der Waals surface area contributed by atoms with E-state index < -0.39 is 86.8 Å². The second-order valence-electron chi connectivity index (χ2n) is 24.3. The molecule has 0 aliphatic carbocycles. The molecule has 0 radical (unpaired) electrons. The standard InChI is InChI=1S/C67H127NO13/c1-3-5-7-9-11-13-15-16-17-18-19-20-21-22-23-24-25-26-27-28-29-30-31-32-33-34-35-36-37-38-39-41-43-45-47-49-51-59(72)68-55(56(71)50-48-46-44-42-40-14-12-10-8-6-4-2)54-78-66-64(77)62(75)65(58(53-70)80-66)81-67-63(76)61(74)60(73)57(52-69)79-67/h40,42,48,50,55-58,60-67,69-71,73-77H,3-39,41,43-47,49,51-54H2,1-2H3,(H,68,72)/b42-40+,50-48+. The maximum Gasteiger partial charge on any atom is 0.220 e. The summed E-state index contributed by atoms with van der Waals surface area (Å²) < 4.78 is 22.7. The van der Waals surface area contributed by atoms with Gasteiger partial charge in [0.15, 0.2) is 12.6 Å². The van der Waals surface area contributed by atoms with Crippen molar-refractivity contribution in [2.75, 3.05) is 19.8 Å². The molecular formula is C67H127NO13. The number of carbonyl (C=O) groups is 1. The lowest BCUT2D eigenvalue weighted by Gasteiger charge is -2.46. The Balaban J connectivity index is 1.55. The van der Waals surface area contributed by atoms with Crippen molar-refractivity contribution in [2.24, 2.45) is 0 Å². The molecule has 0 aromatic heterocycles. The minimum atomic E-state index is -1.79. The molecule has 14 nitrogen and oxygen atoms in total. The van der Waals surface area contributed by atoms with Gasteiger partial charge in [0, 0.05) is 6.42 Å². The first kappa shape index (κ1) is 75.6. The average Bonchev–Trinajstić information content (AvgIpc) is 3.54. The van der Waals surface area contributed by atoms with Gasteiger partial charge in [-0.1, -0.05) is 289 Å². The first-order chi connectivity index (χ1) is 39.6. The van der Waals surface area contributed by atoms with Gasteiger partial charge in [-0.15, -0.1) is 0 Å². The zero-order chi connectivity index (χ0) is 58.8. The zero-order valence-electron chi connectivity index (χ0n) is 51.8. The number of hydrogen-bond acceptors (Lipinski definition) is 13. The third kappa shape index (κ3) is 37.6. The molecule has 2 aliphatic heterocycles. The van der Waals surface area contributed by atoms with Crippen LogP contribution in [-0.2, 0) is 23.7 Å². The molecule has 1 amide bonds. The topological polar surface area (TPSA) is 228 Å². The summed E-state index contributed by atoms with van der Waals surface area (Å²) >= 11 is 0.